The van der Waals surface area contributed by atoms with Crippen LogP contribution in [0.2, 0.25) is 0 Å². The van der Waals surface area contributed by atoms with Crippen molar-refractivity contribution in [2.24, 2.45) is 0 Å². The van der Waals surface area contributed by atoms with Crippen molar-refractivity contribution in [2.45, 2.75) is 12.8 Å². The second-order valence-electron chi connectivity index (χ2n) is 4.22. The van der Waals surface area contributed by atoms with Crippen LogP contribution in [0.15, 0.2) is 65.1 Å². The third-order valence-corrected chi connectivity index (χ3v) is 3.71. The van der Waals surface area contributed by atoms with Crippen LogP contribution in [0.25, 0.3) is 5.03 Å². The molecule has 0 aromatic heterocycles. The molecule has 1 unspecified atom stereocenters. The number of hydrogen-bond donors (Lipinski definition) is 0. The fraction of sp³-hybridized carbons (Fsp3) is 0.125. The first-order chi connectivity index (χ1) is 8.66. The van der Waals surface area contributed by atoms with Crippen LogP contribution in [0.4, 0.5) is 0 Å². The van der Waals surface area contributed by atoms with Gasteiger partial charge in [-0.1, -0.05) is 83.0 Å². The fourth-order valence-corrected chi connectivity index (χ4v) is 2.35. The van der Waals surface area contributed by atoms with Crippen LogP contribution >= 0.6 is 27.5 Å². The smallest absolute Gasteiger partial charge is 0.0444 e. The molecule has 0 amide bonds. The molecule has 2 heteroatoms. The summed E-state index contributed by atoms with van der Waals surface area (Å²) in [4.78, 5) is 0. The summed E-state index contributed by atoms with van der Waals surface area (Å²) in [5.74, 6) is 0.297. The summed E-state index contributed by atoms with van der Waals surface area (Å²) < 4.78 is 1.09. The van der Waals surface area contributed by atoms with Gasteiger partial charge in [0, 0.05) is 15.4 Å². The van der Waals surface area contributed by atoms with Gasteiger partial charge in [-0.2, -0.15) is 0 Å². The zero-order valence-corrected chi connectivity index (χ0v) is 12.4. The van der Waals surface area contributed by atoms with Gasteiger partial charge < -0.3 is 0 Å². The minimum atomic E-state index is 0.297. The molecule has 2 aromatic rings. The molecule has 92 valence electrons. The predicted molar refractivity (Wildman–Crippen MR) is 82.8 cm³/mol. The molecule has 0 nitrogen and oxygen atoms in total. The highest BCUT2D eigenvalue weighted by Crippen LogP contribution is 2.26. The summed E-state index contributed by atoms with van der Waals surface area (Å²) in [5, 5.41) is 0.797. The molecule has 0 aliphatic carbocycles. The Labute approximate surface area is 121 Å². The SMILES string of the molecule is CC(/C=C(/Cl)c1ccccc1)c1ccc(Br)cc1. The van der Waals surface area contributed by atoms with E-state index in [1.807, 2.05) is 30.3 Å². The van der Waals surface area contributed by atoms with E-state index >= 15 is 0 Å². The Hall–Kier alpha value is -1.05. The van der Waals surface area contributed by atoms with Gasteiger partial charge in [0.1, 0.15) is 0 Å². The molecular weight excluding hydrogens is 308 g/mol. The quantitative estimate of drug-likeness (QED) is 0.667. The maximum Gasteiger partial charge on any atom is 0.0444 e. The molecular formula is C16H14BrCl. The van der Waals surface area contributed by atoms with Crippen molar-refractivity contribution in [3.8, 4) is 0 Å². The highest BCUT2D eigenvalue weighted by atomic mass is 79.9. The Morgan fingerprint density at radius 2 is 1.67 bits per heavy atom. The third-order valence-electron chi connectivity index (χ3n) is 2.84. The molecule has 0 saturated heterocycles. The van der Waals surface area contributed by atoms with E-state index in [1.165, 1.54) is 5.56 Å². The van der Waals surface area contributed by atoms with Gasteiger partial charge in [-0.3, -0.25) is 0 Å². The van der Waals surface area contributed by atoms with E-state index < -0.39 is 0 Å². The molecule has 0 aliphatic heterocycles. The molecule has 1 atom stereocenters. The molecule has 0 saturated carbocycles. The summed E-state index contributed by atoms with van der Waals surface area (Å²) in [7, 11) is 0. The average molecular weight is 322 g/mol. The molecule has 0 aliphatic rings. The molecule has 0 N–H and O–H groups in total. The van der Waals surface area contributed by atoms with Gasteiger partial charge in [-0.25, -0.2) is 0 Å². The standard InChI is InChI=1S/C16H14BrCl/c1-12(13-7-9-15(17)10-8-13)11-16(18)14-5-3-2-4-6-14/h2-12H,1H3/b16-11+. The van der Waals surface area contributed by atoms with E-state index in [9.17, 15) is 0 Å². The fourth-order valence-electron chi connectivity index (χ4n) is 1.78. The highest BCUT2D eigenvalue weighted by Gasteiger charge is 2.04. The van der Waals surface area contributed by atoms with E-state index in [0.29, 0.717) is 5.92 Å². The summed E-state index contributed by atoms with van der Waals surface area (Å²) in [6.07, 6.45) is 2.08. The maximum absolute atomic E-state index is 6.33. The normalized spacial score (nSPS) is 13.4. The van der Waals surface area contributed by atoms with Crippen LogP contribution in [0.5, 0.6) is 0 Å². The third kappa shape index (κ3) is 3.47. The Kier molecular flexibility index (Phi) is 4.62. The average Bonchev–Trinajstić information content (AvgIpc) is 2.40. The lowest BCUT2D eigenvalue weighted by Crippen LogP contribution is -1.89. The minimum Gasteiger partial charge on any atom is -0.0840 e. The second kappa shape index (κ2) is 6.21. The van der Waals surface area contributed by atoms with E-state index in [-0.39, 0.29) is 0 Å². The van der Waals surface area contributed by atoms with E-state index in [0.717, 1.165) is 15.1 Å². The monoisotopic (exact) mass is 320 g/mol. The van der Waals surface area contributed by atoms with Crippen molar-refractivity contribution < 1.29 is 0 Å². The van der Waals surface area contributed by atoms with Crippen LogP contribution in [0.3, 0.4) is 0 Å². The topological polar surface area (TPSA) is 0 Å². The van der Waals surface area contributed by atoms with Gasteiger partial charge in [0.05, 0.1) is 0 Å². The van der Waals surface area contributed by atoms with Gasteiger partial charge in [0.25, 0.3) is 0 Å². The summed E-state index contributed by atoms with van der Waals surface area (Å²) in [5.41, 5.74) is 2.32. The van der Waals surface area contributed by atoms with Crippen molar-refractivity contribution in [3.63, 3.8) is 0 Å². The van der Waals surface area contributed by atoms with Crippen molar-refractivity contribution in [1.82, 2.24) is 0 Å². The molecule has 0 spiro atoms. The summed E-state index contributed by atoms with van der Waals surface area (Å²) in [6.45, 7) is 2.15. The zero-order chi connectivity index (χ0) is 13.0. The first kappa shape index (κ1) is 13.4. The van der Waals surface area contributed by atoms with Crippen molar-refractivity contribution in [3.05, 3.63) is 76.3 Å². The van der Waals surface area contributed by atoms with Crippen molar-refractivity contribution >= 4 is 32.6 Å². The van der Waals surface area contributed by atoms with E-state index in [2.05, 4.69) is 53.2 Å². The number of benzene rings is 2. The summed E-state index contributed by atoms with van der Waals surface area (Å²) in [6, 6.07) is 18.4. The van der Waals surface area contributed by atoms with Gasteiger partial charge in [-0.15, -0.1) is 0 Å². The van der Waals surface area contributed by atoms with Gasteiger partial charge in [-0.05, 0) is 23.3 Å². The van der Waals surface area contributed by atoms with Crippen LogP contribution < -0.4 is 0 Å². The van der Waals surface area contributed by atoms with Crippen molar-refractivity contribution in [1.29, 1.82) is 0 Å². The lowest BCUT2D eigenvalue weighted by atomic mass is 10.00. The van der Waals surface area contributed by atoms with Gasteiger partial charge in [0.2, 0.25) is 0 Å². The second-order valence-corrected chi connectivity index (χ2v) is 5.54. The molecule has 18 heavy (non-hydrogen) atoms. The van der Waals surface area contributed by atoms with Crippen LogP contribution in [0.1, 0.15) is 24.0 Å². The predicted octanol–water partition coefficient (Wildman–Crippen LogP) is 5.83. The van der Waals surface area contributed by atoms with Gasteiger partial charge in [0.15, 0.2) is 0 Å². The van der Waals surface area contributed by atoms with Gasteiger partial charge >= 0.3 is 0 Å². The molecule has 0 radical (unpaired) electrons. The first-order valence-corrected chi connectivity index (χ1v) is 7.02. The number of rotatable bonds is 3. The molecule has 0 fully saturated rings. The molecule has 2 rings (SSSR count). The van der Waals surface area contributed by atoms with E-state index in [1.54, 1.807) is 0 Å². The first-order valence-electron chi connectivity index (χ1n) is 5.85. The van der Waals surface area contributed by atoms with E-state index in [4.69, 9.17) is 11.6 Å². The number of allylic oxidation sites excluding steroid dienone is 1. The lowest BCUT2D eigenvalue weighted by molar-refractivity contribution is 0.971. The minimum absolute atomic E-state index is 0.297. The number of halogens is 2. The highest BCUT2D eigenvalue weighted by molar-refractivity contribution is 9.10. The zero-order valence-electron chi connectivity index (χ0n) is 10.1. The van der Waals surface area contributed by atoms with Crippen LogP contribution in [-0.2, 0) is 0 Å². The molecule has 0 bridgehead atoms. The Balaban J connectivity index is 2.20. The molecule has 2 aromatic carbocycles. The molecule has 0 heterocycles. The number of hydrogen-bond acceptors (Lipinski definition) is 0. The Bertz CT molecular complexity index is 529. The summed E-state index contributed by atoms with van der Waals surface area (Å²) >= 11 is 9.77. The Morgan fingerprint density at radius 3 is 2.28 bits per heavy atom. The van der Waals surface area contributed by atoms with Crippen LogP contribution in [-0.4, -0.2) is 0 Å². The largest absolute Gasteiger partial charge is 0.0840 e. The maximum atomic E-state index is 6.33. The van der Waals surface area contributed by atoms with Crippen molar-refractivity contribution in [2.75, 3.05) is 0 Å². The Morgan fingerprint density at radius 1 is 1.06 bits per heavy atom. The lowest BCUT2D eigenvalue weighted by Gasteiger charge is -2.08. The van der Waals surface area contributed by atoms with Crippen LogP contribution in [0, 0.1) is 0 Å².